The molecule has 0 fully saturated rings. The van der Waals surface area contributed by atoms with Crippen LogP contribution in [0.1, 0.15) is 32.7 Å². The molecule has 3 aromatic heterocycles. The molecule has 6 nitrogen and oxygen atoms in total. The van der Waals surface area contributed by atoms with Crippen LogP contribution in [0, 0.1) is 6.92 Å². The Morgan fingerprint density at radius 1 is 1.18 bits per heavy atom. The smallest absolute Gasteiger partial charge is 0.252 e. The van der Waals surface area contributed by atoms with Crippen molar-refractivity contribution in [2.24, 2.45) is 0 Å². The molecule has 0 aromatic carbocycles. The van der Waals surface area contributed by atoms with Gasteiger partial charge < -0.3 is 10.2 Å². The van der Waals surface area contributed by atoms with Crippen LogP contribution < -0.4 is 10.2 Å². The van der Waals surface area contributed by atoms with Gasteiger partial charge in [0.25, 0.3) is 5.91 Å². The number of anilines is 1. The molecule has 0 spiro atoms. The lowest BCUT2D eigenvalue weighted by Gasteiger charge is -2.30. The van der Waals surface area contributed by atoms with E-state index in [1.165, 1.54) is 11.3 Å². The number of nitrogens with one attached hydrogen (secondary N) is 1. The van der Waals surface area contributed by atoms with Crippen LogP contribution in [0.4, 0.5) is 5.82 Å². The van der Waals surface area contributed by atoms with Crippen molar-refractivity contribution in [1.82, 2.24) is 20.3 Å². The molecule has 4 heterocycles. The minimum atomic E-state index is -0.0932. The van der Waals surface area contributed by atoms with Crippen molar-refractivity contribution < 1.29 is 4.79 Å². The predicted molar refractivity (Wildman–Crippen MR) is 108 cm³/mol. The highest BCUT2D eigenvalue weighted by molar-refractivity contribution is 5.94. The number of hydrogen-bond acceptors (Lipinski definition) is 5. The van der Waals surface area contributed by atoms with Crippen LogP contribution in [0.5, 0.6) is 0 Å². The Bertz CT molecular complexity index is 974. The summed E-state index contributed by atoms with van der Waals surface area (Å²) >= 11 is 0. The van der Waals surface area contributed by atoms with Gasteiger partial charge in [0.1, 0.15) is 5.82 Å². The van der Waals surface area contributed by atoms with Crippen LogP contribution in [0.15, 0.2) is 55.1 Å². The fourth-order valence-corrected chi connectivity index (χ4v) is 3.54. The first-order valence-corrected chi connectivity index (χ1v) is 9.52. The highest BCUT2D eigenvalue weighted by atomic mass is 16.1. The molecule has 0 radical (unpaired) electrons. The van der Waals surface area contributed by atoms with E-state index in [0.717, 1.165) is 42.9 Å². The van der Waals surface area contributed by atoms with Crippen molar-refractivity contribution in [3.05, 3.63) is 83.1 Å². The Balaban J connectivity index is 1.39. The summed E-state index contributed by atoms with van der Waals surface area (Å²) in [5.74, 6) is 0.840. The van der Waals surface area contributed by atoms with Gasteiger partial charge >= 0.3 is 0 Å². The lowest BCUT2D eigenvalue weighted by molar-refractivity contribution is 0.0953. The van der Waals surface area contributed by atoms with E-state index in [9.17, 15) is 4.79 Å². The van der Waals surface area contributed by atoms with Gasteiger partial charge in [0.05, 0.1) is 5.56 Å². The zero-order valence-electron chi connectivity index (χ0n) is 15.9. The summed E-state index contributed by atoms with van der Waals surface area (Å²) in [7, 11) is 0. The minimum Gasteiger partial charge on any atom is -0.352 e. The molecule has 0 saturated carbocycles. The Morgan fingerprint density at radius 3 is 2.86 bits per heavy atom. The number of aromatic nitrogens is 3. The lowest BCUT2D eigenvalue weighted by atomic mass is 10.0. The van der Waals surface area contributed by atoms with Crippen LogP contribution in [-0.4, -0.2) is 33.9 Å². The van der Waals surface area contributed by atoms with Crippen molar-refractivity contribution in [1.29, 1.82) is 0 Å². The fraction of sp³-hybridized carbons (Fsp3) is 0.273. The molecular weight excluding hydrogens is 350 g/mol. The van der Waals surface area contributed by atoms with Crippen LogP contribution >= 0.6 is 0 Å². The van der Waals surface area contributed by atoms with E-state index in [1.54, 1.807) is 18.6 Å². The number of fused-ring (bicyclic) bond motifs is 1. The van der Waals surface area contributed by atoms with E-state index in [0.29, 0.717) is 12.1 Å². The number of aryl methyl sites for hydroxylation is 1. The number of amides is 1. The largest absolute Gasteiger partial charge is 0.352 e. The molecule has 6 heteroatoms. The van der Waals surface area contributed by atoms with Crippen molar-refractivity contribution in [2.75, 3.05) is 18.0 Å². The average molecular weight is 373 g/mol. The molecule has 1 aliphatic heterocycles. The number of rotatable bonds is 5. The summed E-state index contributed by atoms with van der Waals surface area (Å²) in [6, 6.07) is 9.93. The monoisotopic (exact) mass is 373 g/mol. The SMILES string of the molecule is Cc1cc(C(=O)NCCc2ccncc2)cnc1N1CCc2ncccc2C1. The number of carbonyl (C=O) groups excluding carboxylic acids is 1. The first kappa shape index (κ1) is 18.1. The van der Waals surface area contributed by atoms with E-state index < -0.39 is 0 Å². The van der Waals surface area contributed by atoms with Gasteiger partial charge in [-0.05, 0) is 54.3 Å². The Hall–Kier alpha value is -3.28. The van der Waals surface area contributed by atoms with Crippen molar-refractivity contribution in [3.8, 4) is 0 Å². The third-order valence-corrected chi connectivity index (χ3v) is 5.03. The maximum absolute atomic E-state index is 12.5. The second-order valence-corrected chi connectivity index (χ2v) is 7.01. The minimum absolute atomic E-state index is 0.0932. The van der Waals surface area contributed by atoms with Gasteiger partial charge in [-0.15, -0.1) is 0 Å². The third kappa shape index (κ3) is 4.01. The van der Waals surface area contributed by atoms with Gasteiger partial charge in [-0.3, -0.25) is 14.8 Å². The highest BCUT2D eigenvalue weighted by Crippen LogP contribution is 2.24. The number of nitrogens with zero attached hydrogens (tertiary/aromatic N) is 4. The van der Waals surface area contributed by atoms with Crippen LogP contribution in [-0.2, 0) is 19.4 Å². The van der Waals surface area contributed by atoms with Crippen LogP contribution in [0.25, 0.3) is 0 Å². The second kappa shape index (κ2) is 8.17. The summed E-state index contributed by atoms with van der Waals surface area (Å²) < 4.78 is 0. The second-order valence-electron chi connectivity index (χ2n) is 7.01. The topological polar surface area (TPSA) is 71.0 Å². The summed E-state index contributed by atoms with van der Waals surface area (Å²) in [5, 5.41) is 2.97. The van der Waals surface area contributed by atoms with Gasteiger partial charge in [0.15, 0.2) is 0 Å². The van der Waals surface area contributed by atoms with E-state index in [1.807, 2.05) is 37.4 Å². The zero-order valence-corrected chi connectivity index (χ0v) is 15.9. The number of hydrogen-bond donors (Lipinski definition) is 1. The normalized spacial score (nSPS) is 13.1. The van der Waals surface area contributed by atoms with Gasteiger partial charge in [0.2, 0.25) is 0 Å². The van der Waals surface area contributed by atoms with Gasteiger partial charge in [-0.25, -0.2) is 4.98 Å². The van der Waals surface area contributed by atoms with Crippen molar-refractivity contribution in [3.63, 3.8) is 0 Å². The summed E-state index contributed by atoms with van der Waals surface area (Å²) in [4.78, 5) is 27.8. The molecule has 0 saturated heterocycles. The fourth-order valence-electron chi connectivity index (χ4n) is 3.54. The summed E-state index contributed by atoms with van der Waals surface area (Å²) in [6.45, 7) is 4.28. The predicted octanol–water partition coefficient (Wildman–Crippen LogP) is 2.72. The maximum atomic E-state index is 12.5. The average Bonchev–Trinajstić information content (AvgIpc) is 2.74. The quantitative estimate of drug-likeness (QED) is 0.745. The molecule has 0 bridgehead atoms. The maximum Gasteiger partial charge on any atom is 0.252 e. The number of carbonyl (C=O) groups is 1. The molecule has 0 unspecified atom stereocenters. The van der Waals surface area contributed by atoms with E-state index in [2.05, 4.69) is 31.2 Å². The zero-order chi connectivity index (χ0) is 19.3. The third-order valence-electron chi connectivity index (χ3n) is 5.03. The van der Waals surface area contributed by atoms with Gasteiger partial charge in [0, 0.05) is 56.5 Å². The standard InChI is InChI=1S/C22H23N5O/c1-16-13-19(22(28)25-11-6-17-4-9-23-10-5-17)14-26-21(16)27-12-7-20-18(15-27)3-2-8-24-20/h2-5,8-10,13-14H,6-7,11-12,15H2,1H3,(H,25,28). The van der Waals surface area contributed by atoms with Crippen molar-refractivity contribution in [2.45, 2.75) is 26.3 Å². The molecule has 142 valence electrons. The number of pyridine rings is 3. The molecule has 4 rings (SSSR count). The van der Waals surface area contributed by atoms with E-state index in [-0.39, 0.29) is 5.91 Å². The molecule has 1 amide bonds. The van der Waals surface area contributed by atoms with Gasteiger partial charge in [-0.1, -0.05) is 6.07 Å². The molecule has 28 heavy (non-hydrogen) atoms. The summed E-state index contributed by atoms with van der Waals surface area (Å²) in [5.41, 5.74) is 5.17. The highest BCUT2D eigenvalue weighted by Gasteiger charge is 2.20. The van der Waals surface area contributed by atoms with Crippen LogP contribution in [0.3, 0.4) is 0 Å². The lowest BCUT2D eigenvalue weighted by Crippen LogP contribution is -2.32. The molecular formula is C22H23N5O. The molecule has 3 aromatic rings. The van der Waals surface area contributed by atoms with Crippen molar-refractivity contribution >= 4 is 11.7 Å². The van der Waals surface area contributed by atoms with Crippen LogP contribution in [0.2, 0.25) is 0 Å². The first-order chi connectivity index (χ1) is 13.7. The molecule has 1 aliphatic rings. The Labute approximate surface area is 164 Å². The van der Waals surface area contributed by atoms with E-state index >= 15 is 0 Å². The Kier molecular flexibility index (Phi) is 5.28. The Morgan fingerprint density at radius 2 is 2.04 bits per heavy atom. The molecule has 1 N–H and O–H groups in total. The van der Waals surface area contributed by atoms with E-state index in [4.69, 9.17) is 0 Å². The summed E-state index contributed by atoms with van der Waals surface area (Å²) in [6.07, 6.45) is 8.73. The molecule has 0 atom stereocenters. The van der Waals surface area contributed by atoms with Gasteiger partial charge in [-0.2, -0.15) is 0 Å². The first-order valence-electron chi connectivity index (χ1n) is 9.52. The molecule has 0 aliphatic carbocycles.